The van der Waals surface area contributed by atoms with Crippen LogP contribution in [0, 0.1) is 6.92 Å². The highest BCUT2D eigenvalue weighted by Crippen LogP contribution is 2.55. The minimum Gasteiger partial charge on any atom is -0.355 e. The second kappa shape index (κ2) is 5.12. The van der Waals surface area contributed by atoms with E-state index in [0.717, 1.165) is 0 Å². The van der Waals surface area contributed by atoms with Gasteiger partial charge in [0, 0.05) is 18.1 Å². The number of pyridine rings is 1. The highest BCUT2D eigenvalue weighted by atomic mass is 15.3. The van der Waals surface area contributed by atoms with E-state index in [2.05, 4.69) is 60.3 Å². The molecule has 1 atom stereocenters. The second-order valence-corrected chi connectivity index (χ2v) is 6.89. The van der Waals surface area contributed by atoms with E-state index in [1.807, 2.05) is 6.20 Å². The molecule has 1 aliphatic carbocycles. The second-order valence-electron chi connectivity index (χ2n) is 6.89. The largest absolute Gasteiger partial charge is 0.355 e. The lowest BCUT2D eigenvalue weighted by molar-refractivity contribution is 0.284. The van der Waals surface area contributed by atoms with Crippen LogP contribution in [0.1, 0.15) is 61.8 Å². The molecule has 2 heteroatoms. The van der Waals surface area contributed by atoms with E-state index in [1.165, 1.54) is 54.5 Å². The number of hydrogen-bond donors (Lipinski definition) is 0. The molecule has 114 valence electrons. The summed E-state index contributed by atoms with van der Waals surface area (Å²) in [4.78, 5) is 7.11. The third-order valence-corrected chi connectivity index (χ3v) is 5.71. The van der Waals surface area contributed by atoms with Crippen molar-refractivity contribution >= 4 is 5.69 Å². The third-order valence-electron chi connectivity index (χ3n) is 5.71. The first-order valence-corrected chi connectivity index (χ1v) is 8.53. The predicted octanol–water partition coefficient (Wildman–Crippen LogP) is 5.13. The Hall–Kier alpha value is -1.83. The van der Waals surface area contributed by atoms with Crippen LogP contribution in [0.5, 0.6) is 0 Å². The van der Waals surface area contributed by atoms with E-state index in [4.69, 9.17) is 0 Å². The molecule has 1 spiro atoms. The molecule has 0 radical (unpaired) electrons. The lowest BCUT2D eigenvalue weighted by Gasteiger charge is -2.46. The van der Waals surface area contributed by atoms with Crippen LogP contribution in [-0.2, 0) is 5.54 Å². The zero-order valence-corrected chi connectivity index (χ0v) is 13.5. The third kappa shape index (κ3) is 1.83. The minimum atomic E-state index is 0.183. The molecule has 1 unspecified atom stereocenters. The summed E-state index contributed by atoms with van der Waals surface area (Å²) < 4.78 is 0. The average Bonchev–Trinajstić information content (AvgIpc) is 2.79. The molecule has 1 aliphatic heterocycles. The standard InChI is InChI=1S/C20H24N2/c1-15-8-4-5-9-19(15)22-16(2)17-14-21-13-10-18(17)20(22)11-6-3-7-12-20/h4-5,8-10,13-14,16H,3,6-7,11-12H2,1-2H3. The summed E-state index contributed by atoms with van der Waals surface area (Å²) in [5.41, 5.74) is 5.90. The Morgan fingerprint density at radius 1 is 1.09 bits per heavy atom. The fraction of sp³-hybridized carbons (Fsp3) is 0.450. The summed E-state index contributed by atoms with van der Waals surface area (Å²) >= 11 is 0. The summed E-state index contributed by atoms with van der Waals surface area (Å²) in [5, 5.41) is 0. The molecule has 22 heavy (non-hydrogen) atoms. The predicted molar refractivity (Wildman–Crippen MR) is 91.1 cm³/mol. The smallest absolute Gasteiger partial charge is 0.0664 e. The molecular weight excluding hydrogens is 268 g/mol. The zero-order valence-electron chi connectivity index (χ0n) is 13.5. The Morgan fingerprint density at radius 3 is 2.64 bits per heavy atom. The summed E-state index contributed by atoms with van der Waals surface area (Å²) in [5.74, 6) is 0. The van der Waals surface area contributed by atoms with Crippen LogP contribution in [0.2, 0.25) is 0 Å². The maximum atomic E-state index is 4.41. The van der Waals surface area contributed by atoms with Gasteiger partial charge in [-0.3, -0.25) is 4.98 Å². The number of anilines is 1. The Labute approximate surface area is 133 Å². The van der Waals surface area contributed by atoms with Gasteiger partial charge in [-0.15, -0.1) is 0 Å². The first kappa shape index (κ1) is 13.8. The average molecular weight is 292 g/mol. The van der Waals surface area contributed by atoms with Crippen molar-refractivity contribution in [1.29, 1.82) is 0 Å². The lowest BCUT2D eigenvalue weighted by Crippen LogP contribution is -2.44. The summed E-state index contributed by atoms with van der Waals surface area (Å²) in [6, 6.07) is 11.5. The normalized spacial score (nSPS) is 22.8. The van der Waals surface area contributed by atoms with Gasteiger partial charge in [-0.1, -0.05) is 37.5 Å². The number of aryl methyl sites for hydroxylation is 1. The highest BCUT2D eigenvalue weighted by molar-refractivity contribution is 5.63. The van der Waals surface area contributed by atoms with Gasteiger partial charge in [0.25, 0.3) is 0 Å². The fourth-order valence-electron chi connectivity index (χ4n) is 4.72. The Balaban J connectivity index is 1.92. The molecule has 1 fully saturated rings. The van der Waals surface area contributed by atoms with Gasteiger partial charge in [0.1, 0.15) is 0 Å². The van der Waals surface area contributed by atoms with E-state index in [9.17, 15) is 0 Å². The van der Waals surface area contributed by atoms with Crippen LogP contribution in [0.4, 0.5) is 5.69 Å². The summed E-state index contributed by atoms with van der Waals surface area (Å²) in [6.07, 6.45) is 10.6. The van der Waals surface area contributed by atoms with Crippen molar-refractivity contribution in [3.8, 4) is 0 Å². The first-order chi connectivity index (χ1) is 10.7. The van der Waals surface area contributed by atoms with Crippen molar-refractivity contribution in [3.05, 3.63) is 59.4 Å². The number of aromatic nitrogens is 1. The first-order valence-electron chi connectivity index (χ1n) is 8.53. The Kier molecular flexibility index (Phi) is 3.21. The maximum absolute atomic E-state index is 4.41. The molecule has 0 amide bonds. The molecule has 1 saturated carbocycles. The lowest BCUT2D eigenvalue weighted by atomic mass is 9.76. The number of para-hydroxylation sites is 1. The van der Waals surface area contributed by atoms with E-state index >= 15 is 0 Å². The van der Waals surface area contributed by atoms with Gasteiger partial charge in [-0.25, -0.2) is 0 Å². The molecule has 2 aliphatic rings. The summed E-state index contributed by atoms with van der Waals surface area (Å²) in [7, 11) is 0. The van der Waals surface area contributed by atoms with Gasteiger partial charge in [0.15, 0.2) is 0 Å². The van der Waals surface area contributed by atoms with Crippen LogP contribution in [-0.4, -0.2) is 4.98 Å². The van der Waals surface area contributed by atoms with Crippen molar-refractivity contribution in [2.75, 3.05) is 4.90 Å². The van der Waals surface area contributed by atoms with Crippen LogP contribution in [0.3, 0.4) is 0 Å². The number of rotatable bonds is 1. The molecule has 1 aromatic heterocycles. The van der Waals surface area contributed by atoms with Crippen molar-refractivity contribution in [1.82, 2.24) is 4.98 Å². The van der Waals surface area contributed by atoms with Gasteiger partial charge in [-0.2, -0.15) is 0 Å². The highest BCUT2D eigenvalue weighted by Gasteiger charge is 2.49. The Morgan fingerprint density at radius 2 is 1.86 bits per heavy atom. The van der Waals surface area contributed by atoms with Crippen molar-refractivity contribution in [3.63, 3.8) is 0 Å². The van der Waals surface area contributed by atoms with E-state index < -0.39 is 0 Å². The van der Waals surface area contributed by atoms with Gasteiger partial charge < -0.3 is 4.90 Å². The van der Waals surface area contributed by atoms with Crippen molar-refractivity contribution in [2.24, 2.45) is 0 Å². The number of nitrogens with zero attached hydrogens (tertiary/aromatic N) is 2. The Bertz CT molecular complexity index is 686. The van der Waals surface area contributed by atoms with E-state index in [0.29, 0.717) is 6.04 Å². The molecule has 0 N–H and O–H groups in total. The topological polar surface area (TPSA) is 16.1 Å². The number of hydrogen-bond acceptors (Lipinski definition) is 2. The summed E-state index contributed by atoms with van der Waals surface area (Å²) in [6.45, 7) is 4.58. The monoisotopic (exact) mass is 292 g/mol. The molecule has 2 nitrogen and oxygen atoms in total. The minimum absolute atomic E-state index is 0.183. The molecule has 0 saturated heterocycles. The molecule has 0 bridgehead atoms. The van der Waals surface area contributed by atoms with Crippen molar-refractivity contribution in [2.45, 2.75) is 57.5 Å². The molecule has 1 aromatic carbocycles. The zero-order chi connectivity index (χ0) is 15.2. The van der Waals surface area contributed by atoms with E-state index in [1.54, 1.807) is 0 Å². The molecule has 2 aromatic rings. The fourth-order valence-corrected chi connectivity index (χ4v) is 4.72. The maximum Gasteiger partial charge on any atom is 0.0664 e. The van der Waals surface area contributed by atoms with Crippen LogP contribution < -0.4 is 4.90 Å². The van der Waals surface area contributed by atoms with E-state index in [-0.39, 0.29) is 5.54 Å². The number of benzene rings is 1. The van der Waals surface area contributed by atoms with Crippen LogP contribution in [0.25, 0.3) is 0 Å². The molecule has 2 heterocycles. The van der Waals surface area contributed by atoms with Crippen LogP contribution in [0.15, 0.2) is 42.7 Å². The molecule has 4 rings (SSSR count). The van der Waals surface area contributed by atoms with Gasteiger partial charge in [0.05, 0.1) is 11.6 Å². The number of fused-ring (bicyclic) bond motifs is 2. The molecular formula is C20H24N2. The van der Waals surface area contributed by atoms with Crippen LogP contribution >= 0.6 is 0 Å². The van der Waals surface area contributed by atoms with Crippen molar-refractivity contribution < 1.29 is 0 Å². The SMILES string of the molecule is Cc1ccccc1N1C(C)c2cnccc2C12CCCCC2. The quantitative estimate of drug-likeness (QED) is 0.724. The van der Waals surface area contributed by atoms with Gasteiger partial charge in [0.2, 0.25) is 0 Å². The van der Waals surface area contributed by atoms with Gasteiger partial charge >= 0.3 is 0 Å². The van der Waals surface area contributed by atoms with Gasteiger partial charge in [-0.05, 0) is 55.5 Å².